The fourth-order valence-electron chi connectivity index (χ4n) is 2.17. The maximum absolute atomic E-state index is 13.8. The largest absolute Gasteiger partial charge is 0.436 e. The first-order valence-electron chi connectivity index (χ1n) is 7.61. The summed E-state index contributed by atoms with van der Waals surface area (Å²) in [6.45, 7) is -0.0837. The Bertz CT molecular complexity index is 1080. The number of benzene rings is 1. The fraction of sp³-hybridized carbons (Fsp3) is 0.0588. The van der Waals surface area contributed by atoms with Crippen LogP contribution in [0.25, 0.3) is 0 Å². The minimum atomic E-state index is -0.906. The predicted molar refractivity (Wildman–Crippen MR) is 89.5 cm³/mol. The van der Waals surface area contributed by atoms with Gasteiger partial charge in [0.1, 0.15) is 11.5 Å². The Morgan fingerprint density at radius 1 is 1.15 bits per heavy atom. The van der Waals surface area contributed by atoms with Crippen LogP contribution in [-0.4, -0.2) is 20.9 Å². The SMILES string of the molecule is O=C(NCc1cccnc1Oc1ccc(F)cc1F)c1cc(=O)[nH]c(=O)[nH]1. The first kappa shape index (κ1) is 18.0. The minimum Gasteiger partial charge on any atom is -0.436 e. The number of nitrogens with zero attached hydrogens (tertiary/aromatic N) is 1. The van der Waals surface area contributed by atoms with E-state index in [0.717, 1.165) is 18.2 Å². The van der Waals surface area contributed by atoms with Crippen molar-refractivity contribution in [2.24, 2.45) is 0 Å². The van der Waals surface area contributed by atoms with Crippen LogP contribution in [0.1, 0.15) is 16.1 Å². The number of halogens is 2. The lowest BCUT2D eigenvalue weighted by atomic mass is 10.2. The van der Waals surface area contributed by atoms with E-state index in [1.807, 2.05) is 4.98 Å². The molecule has 0 aliphatic carbocycles. The third-order valence-electron chi connectivity index (χ3n) is 3.39. The van der Waals surface area contributed by atoms with Crippen molar-refractivity contribution in [1.82, 2.24) is 20.3 Å². The Balaban J connectivity index is 1.77. The van der Waals surface area contributed by atoms with Crippen LogP contribution >= 0.6 is 0 Å². The average molecular weight is 374 g/mol. The molecule has 3 N–H and O–H groups in total. The molecule has 8 nitrogen and oxygen atoms in total. The maximum atomic E-state index is 13.8. The van der Waals surface area contributed by atoms with Crippen molar-refractivity contribution in [3.63, 3.8) is 0 Å². The van der Waals surface area contributed by atoms with Crippen molar-refractivity contribution in [1.29, 1.82) is 0 Å². The molecule has 0 saturated carbocycles. The van der Waals surface area contributed by atoms with Crippen molar-refractivity contribution < 1.29 is 18.3 Å². The maximum Gasteiger partial charge on any atom is 0.326 e. The summed E-state index contributed by atoms with van der Waals surface area (Å²) >= 11 is 0. The van der Waals surface area contributed by atoms with E-state index >= 15 is 0 Å². The van der Waals surface area contributed by atoms with E-state index < -0.39 is 28.8 Å². The van der Waals surface area contributed by atoms with Crippen LogP contribution in [0.2, 0.25) is 0 Å². The lowest BCUT2D eigenvalue weighted by molar-refractivity contribution is 0.0945. The Labute approximate surface area is 149 Å². The van der Waals surface area contributed by atoms with Crippen molar-refractivity contribution in [3.05, 3.63) is 86.3 Å². The van der Waals surface area contributed by atoms with E-state index in [1.54, 1.807) is 12.1 Å². The Kier molecular flexibility index (Phi) is 5.06. The topological polar surface area (TPSA) is 117 Å². The number of aromatic amines is 2. The molecule has 2 heterocycles. The van der Waals surface area contributed by atoms with Crippen molar-refractivity contribution in [2.75, 3.05) is 0 Å². The number of pyridine rings is 1. The standard InChI is InChI=1S/C17H12F2N4O4/c18-10-3-4-13(11(19)6-10)27-16-9(2-1-5-20-16)8-21-15(25)12-7-14(24)23-17(26)22-12/h1-7H,8H2,(H,21,25)(H2,22,23,24,26). The van der Waals surface area contributed by atoms with Gasteiger partial charge in [0.25, 0.3) is 11.5 Å². The minimum absolute atomic E-state index is 0.00251. The van der Waals surface area contributed by atoms with Gasteiger partial charge in [-0.25, -0.2) is 18.6 Å². The van der Waals surface area contributed by atoms with Crippen LogP contribution in [0.15, 0.2) is 52.2 Å². The van der Waals surface area contributed by atoms with Gasteiger partial charge in [0, 0.05) is 30.4 Å². The average Bonchev–Trinajstić information content (AvgIpc) is 2.62. The molecule has 1 amide bonds. The molecule has 138 valence electrons. The van der Waals surface area contributed by atoms with Gasteiger partial charge in [-0.2, -0.15) is 0 Å². The molecule has 0 aliphatic heterocycles. The highest BCUT2D eigenvalue weighted by Gasteiger charge is 2.13. The zero-order chi connectivity index (χ0) is 19.4. The summed E-state index contributed by atoms with van der Waals surface area (Å²) in [7, 11) is 0. The van der Waals surface area contributed by atoms with Crippen molar-refractivity contribution in [3.8, 4) is 11.6 Å². The van der Waals surface area contributed by atoms with Crippen molar-refractivity contribution in [2.45, 2.75) is 6.54 Å². The monoisotopic (exact) mass is 374 g/mol. The van der Waals surface area contributed by atoms with E-state index in [1.165, 1.54) is 6.20 Å². The first-order valence-corrected chi connectivity index (χ1v) is 7.61. The molecular weight excluding hydrogens is 362 g/mol. The van der Waals surface area contributed by atoms with Gasteiger partial charge in [-0.15, -0.1) is 0 Å². The molecule has 3 rings (SSSR count). The van der Waals surface area contributed by atoms with Gasteiger partial charge in [0.05, 0.1) is 0 Å². The summed E-state index contributed by atoms with van der Waals surface area (Å²) < 4.78 is 32.1. The molecule has 0 saturated heterocycles. The number of ether oxygens (including phenoxy) is 1. The second-order valence-corrected chi connectivity index (χ2v) is 5.33. The molecule has 0 unspecified atom stereocenters. The fourth-order valence-corrected chi connectivity index (χ4v) is 2.17. The number of H-pyrrole nitrogens is 2. The van der Waals surface area contributed by atoms with Gasteiger partial charge in [0.15, 0.2) is 11.6 Å². The molecule has 0 radical (unpaired) electrons. The number of rotatable bonds is 5. The number of hydrogen-bond donors (Lipinski definition) is 3. The summed E-state index contributed by atoms with van der Waals surface area (Å²) in [5, 5.41) is 2.48. The van der Waals surface area contributed by atoms with E-state index in [4.69, 9.17) is 4.74 Å². The molecular formula is C17H12F2N4O4. The summed E-state index contributed by atoms with van der Waals surface area (Å²) in [5.41, 5.74) is -1.37. The molecule has 27 heavy (non-hydrogen) atoms. The highest BCUT2D eigenvalue weighted by atomic mass is 19.1. The Morgan fingerprint density at radius 3 is 2.70 bits per heavy atom. The number of amides is 1. The third kappa shape index (κ3) is 4.42. The van der Waals surface area contributed by atoms with Gasteiger partial charge in [0.2, 0.25) is 5.88 Å². The van der Waals surface area contributed by atoms with Crippen LogP contribution in [0, 0.1) is 11.6 Å². The molecule has 2 aromatic heterocycles. The van der Waals surface area contributed by atoms with Gasteiger partial charge >= 0.3 is 5.69 Å². The van der Waals surface area contributed by atoms with E-state index in [0.29, 0.717) is 11.6 Å². The molecule has 3 aromatic rings. The summed E-state index contributed by atoms with van der Waals surface area (Å²) in [6, 6.07) is 6.90. The molecule has 1 aromatic carbocycles. The quantitative estimate of drug-likeness (QED) is 0.625. The van der Waals surface area contributed by atoms with Gasteiger partial charge < -0.3 is 15.0 Å². The number of carbonyl (C=O) groups is 1. The second-order valence-electron chi connectivity index (χ2n) is 5.33. The molecule has 0 bridgehead atoms. The van der Waals surface area contributed by atoms with Crippen LogP contribution in [0.3, 0.4) is 0 Å². The number of aromatic nitrogens is 3. The molecule has 0 spiro atoms. The van der Waals surface area contributed by atoms with Crippen LogP contribution in [0.4, 0.5) is 8.78 Å². The summed E-state index contributed by atoms with van der Waals surface area (Å²) in [5.74, 6) is -2.60. The van der Waals surface area contributed by atoms with Crippen LogP contribution in [-0.2, 0) is 6.54 Å². The molecule has 0 atom stereocenters. The van der Waals surface area contributed by atoms with Crippen LogP contribution < -0.4 is 21.3 Å². The van der Waals surface area contributed by atoms with Gasteiger partial charge in [-0.05, 0) is 18.2 Å². The normalized spacial score (nSPS) is 10.4. The summed E-state index contributed by atoms with van der Waals surface area (Å²) in [4.78, 5) is 42.7. The Morgan fingerprint density at radius 2 is 1.96 bits per heavy atom. The van der Waals surface area contributed by atoms with Gasteiger partial charge in [-0.3, -0.25) is 14.6 Å². The zero-order valence-corrected chi connectivity index (χ0v) is 13.6. The zero-order valence-electron chi connectivity index (χ0n) is 13.6. The Hall–Kier alpha value is -3.82. The highest BCUT2D eigenvalue weighted by molar-refractivity contribution is 5.92. The first-order chi connectivity index (χ1) is 12.9. The molecule has 0 fully saturated rings. The van der Waals surface area contributed by atoms with Crippen LogP contribution in [0.5, 0.6) is 11.6 Å². The van der Waals surface area contributed by atoms with Gasteiger partial charge in [-0.1, -0.05) is 6.07 Å². The predicted octanol–water partition coefficient (Wildman–Crippen LogP) is 1.46. The lowest BCUT2D eigenvalue weighted by Crippen LogP contribution is -2.30. The molecule has 10 heteroatoms. The lowest BCUT2D eigenvalue weighted by Gasteiger charge is -2.11. The van der Waals surface area contributed by atoms with E-state index in [2.05, 4.69) is 15.3 Å². The highest BCUT2D eigenvalue weighted by Crippen LogP contribution is 2.25. The summed E-state index contributed by atoms with van der Waals surface area (Å²) in [6.07, 6.45) is 1.40. The third-order valence-corrected chi connectivity index (χ3v) is 3.39. The number of hydrogen-bond acceptors (Lipinski definition) is 5. The smallest absolute Gasteiger partial charge is 0.326 e. The van der Waals surface area contributed by atoms with Crippen molar-refractivity contribution >= 4 is 5.91 Å². The number of nitrogens with one attached hydrogen (secondary N) is 3. The number of carbonyl (C=O) groups excluding carboxylic acids is 1. The van der Waals surface area contributed by atoms with E-state index in [9.17, 15) is 23.2 Å². The second kappa shape index (κ2) is 7.60. The molecule has 0 aliphatic rings. The van der Waals surface area contributed by atoms with E-state index in [-0.39, 0.29) is 23.9 Å².